The van der Waals surface area contributed by atoms with Crippen LogP contribution in [-0.2, 0) is 0 Å². The molecule has 0 saturated heterocycles. The number of rotatable bonds is 2. The molecule has 0 aliphatic heterocycles. The molecule has 2 aromatic rings. The Hall–Kier alpha value is -1.85. The summed E-state index contributed by atoms with van der Waals surface area (Å²) in [5.74, 6) is 0.522. The normalized spacial score (nSPS) is 11.0. The van der Waals surface area contributed by atoms with E-state index >= 15 is 0 Å². The lowest BCUT2D eigenvalue weighted by Crippen LogP contribution is -2.03. The van der Waals surface area contributed by atoms with Crippen molar-refractivity contribution in [2.45, 2.75) is 0 Å². The largest absolute Gasteiger partial charge is 0.368 e. The van der Waals surface area contributed by atoms with Crippen LogP contribution in [0.15, 0.2) is 18.2 Å². The molecule has 0 amide bonds. The van der Waals surface area contributed by atoms with Crippen LogP contribution in [0.5, 0.6) is 0 Å². The van der Waals surface area contributed by atoms with Gasteiger partial charge in [-0.15, -0.1) is 0 Å². The van der Waals surface area contributed by atoms with E-state index in [-0.39, 0.29) is 11.9 Å². The molecule has 18 heavy (non-hydrogen) atoms. The van der Waals surface area contributed by atoms with Crippen molar-refractivity contribution in [1.82, 2.24) is 15.0 Å². The van der Waals surface area contributed by atoms with Crippen LogP contribution < -0.4 is 11.5 Å². The van der Waals surface area contributed by atoms with Crippen LogP contribution in [0.4, 0.5) is 11.9 Å². The molecule has 0 bridgehead atoms. The maximum absolute atomic E-state index is 5.88. The Morgan fingerprint density at radius 1 is 0.833 bits per heavy atom. The SMILES string of the molecule is Nc1nc(N)nc(/C=C/c2cc(Cl)cc(Cl)c2)n1. The van der Waals surface area contributed by atoms with Gasteiger partial charge in [0.1, 0.15) is 0 Å². The second-order valence-corrected chi connectivity index (χ2v) is 4.32. The number of nitrogens with two attached hydrogens (primary N) is 2. The molecule has 2 rings (SSSR count). The lowest BCUT2D eigenvalue weighted by atomic mass is 10.2. The number of nitrogens with zero attached hydrogens (tertiary/aromatic N) is 3. The Morgan fingerprint density at radius 2 is 1.39 bits per heavy atom. The fraction of sp³-hybridized carbons (Fsp3) is 0. The zero-order chi connectivity index (χ0) is 13.1. The van der Waals surface area contributed by atoms with Crippen molar-refractivity contribution in [3.8, 4) is 0 Å². The van der Waals surface area contributed by atoms with Gasteiger partial charge in [0, 0.05) is 10.0 Å². The molecule has 0 fully saturated rings. The first-order valence-corrected chi connectivity index (χ1v) is 5.70. The van der Waals surface area contributed by atoms with Gasteiger partial charge in [-0.25, -0.2) is 0 Å². The van der Waals surface area contributed by atoms with Crippen molar-refractivity contribution < 1.29 is 0 Å². The molecule has 0 atom stereocenters. The van der Waals surface area contributed by atoms with Gasteiger partial charge in [-0.05, 0) is 29.8 Å². The molecule has 5 nitrogen and oxygen atoms in total. The van der Waals surface area contributed by atoms with E-state index in [1.807, 2.05) is 0 Å². The van der Waals surface area contributed by atoms with Crippen LogP contribution in [0.3, 0.4) is 0 Å². The summed E-state index contributed by atoms with van der Waals surface area (Å²) in [5.41, 5.74) is 11.7. The average molecular weight is 282 g/mol. The zero-order valence-corrected chi connectivity index (χ0v) is 10.7. The minimum Gasteiger partial charge on any atom is -0.368 e. The molecule has 0 aliphatic carbocycles. The van der Waals surface area contributed by atoms with Gasteiger partial charge in [-0.3, -0.25) is 0 Å². The van der Waals surface area contributed by atoms with Gasteiger partial charge in [-0.2, -0.15) is 15.0 Å². The van der Waals surface area contributed by atoms with Gasteiger partial charge < -0.3 is 11.5 Å². The third-order valence-electron chi connectivity index (χ3n) is 2.00. The zero-order valence-electron chi connectivity index (χ0n) is 9.14. The van der Waals surface area contributed by atoms with E-state index in [1.54, 1.807) is 30.4 Å². The van der Waals surface area contributed by atoms with E-state index in [2.05, 4.69) is 15.0 Å². The monoisotopic (exact) mass is 281 g/mol. The van der Waals surface area contributed by atoms with Crippen LogP contribution >= 0.6 is 23.2 Å². The topological polar surface area (TPSA) is 90.7 Å². The lowest BCUT2D eigenvalue weighted by molar-refractivity contribution is 1.06. The number of hydrogen-bond acceptors (Lipinski definition) is 5. The van der Waals surface area contributed by atoms with E-state index in [0.29, 0.717) is 15.9 Å². The fourth-order valence-corrected chi connectivity index (χ4v) is 1.89. The maximum Gasteiger partial charge on any atom is 0.225 e. The predicted octanol–water partition coefficient (Wildman–Crippen LogP) is 2.51. The molecule has 4 N–H and O–H groups in total. The molecule has 1 aromatic heterocycles. The average Bonchev–Trinajstić information content (AvgIpc) is 2.23. The first kappa shape index (κ1) is 12.6. The minimum absolute atomic E-state index is 0.0753. The Morgan fingerprint density at radius 3 is 1.94 bits per heavy atom. The third-order valence-corrected chi connectivity index (χ3v) is 2.43. The van der Waals surface area contributed by atoms with E-state index in [1.165, 1.54) is 0 Å². The van der Waals surface area contributed by atoms with Crippen molar-refractivity contribution in [2.75, 3.05) is 11.5 Å². The van der Waals surface area contributed by atoms with Crippen LogP contribution in [-0.4, -0.2) is 15.0 Å². The van der Waals surface area contributed by atoms with Gasteiger partial charge >= 0.3 is 0 Å². The molecule has 1 heterocycles. The van der Waals surface area contributed by atoms with Crippen LogP contribution in [0.2, 0.25) is 10.0 Å². The first-order chi connectivity index (χ1) is 8.52. The summed E-state index contributed by atoms with van der Waals surface area (Å²) in [6.45, 7) is 0. The van der Waals surface area contributed by atoms with E-state index in [4.69, 9.17) is 34.7 Å². The molecule has 0 saturated carbocycles. The summed E-state index contributed by atoms with van der Waals surface area (Å²) < 4.78 is 0. The van der Waals surface area contributed by atoms with E-state index < -0.39 is 0 Å². The van der Waals surface area contributed by atoms with Crippen LogP contribution in [0, 0.1) is 0 Å². The number of hydrogen-bond donors (Lipinski definition) is 2. The summed E-state index contributed by atoms with van der Waals surface area (Å²) in [4.78, 5) is 11.5. The first-order valence-electron chi connectivity index (χ1n) is 4.94. The highest BCUT2D eigenvalue weighted by molar-refractivity contribution is 6.34. The minimum atomic E-state index is 0.0753. The molecule has 7 heteroatoms. The summed E-state index contributed by atoms with van der Waals surface area (Å²) in [5, 5.41) is 1.11. The van der Waals surface area contributed by atoms with Gasteiger partial charge in [0.2, 0.25) is 11.9 Å². The standard InChI is InChI=1S/C11H9Cl2N5/c12-7-3-6(4-8(13)5-7)1-2-9-16-10(14)18-11(15)17-9/h1-5H,(H4,14,15,16,17,18)/b2-1+. The quantitative estimate of drug-likeness (QED) is 0.883. The number of aromatic nitrogens is 3. The molecule has 0 unspecified atom stereocenters. The maximum atomic E-state index is 5.88. The summed E-state index contributed by atoms with van der Waals surface area (Å²) in [6.07, 6.45) is 3.41. The van der Waals surface area contributed by atoms with Gasteiger partial charge in [0.05, 0.1) is 0 Å². The van der Waals surface area contributed by atoms with Crippen LogP contribution in [0.1, 0.15) is 11.4 Å². The third kappa shape index (κ3) is 3.32. The predicted molar refractivity (Wildman–Crippen MR) is 74.0 cm³/mol. The van der Waals surface area contributed by atoms with Crippen molar-refractivity contribution in [1.29, 1.82) is 0 Å². The van der Waals surface area contributed by atoms with Gasteiger partial charge in [0.25, 0.3) is 0 Å². The number of halogens is 2. The van der Waals surface area contributed by atoms with E-state index in [0.717, 1.165) is 5.56 Å². The Labute approximate surface area is 113 Å². The highest BCUT2D eigenvalue weighted by atomic mass is 35.5. The molecule has 92 valence electrons. The summed E-state index contributed by atoms with van der Waals surface area (Å²) >= 11 is 11.8. The smallest absolute Gasteiger partial charge is 0.225 e. The molecule has 0 radical (unpaired) electrons. The number of anilines is 2. The molecular formula is C11H9Cl2N5. The van der Waals surface area contributed by atoms with Crippen LogP contribution in [0.25, 0.3) is 12.2 Å². The molecular weight excluding hydrogens is 273 g/mol. The summed E-state index contributed by atoms with van der Waals surface area (Å²) in [6, 6.07) is 5.18. The highest BCUT2D eigenvalue weighted by Gasteiger charge is 1.99. The molecule has 0 spiro atoms. The van der Waals surface area contributed by atoms with Crippen molar-refractivity contribution >= 4 is 47.3 Å². The van der Waals surface area contributed by atoms with Crippen molar-refractivity contribution in [2.24, 2.45) is 0 Å². The van der Waals surface area contributed by atoms with Crippen molar-refractivity contribution in [3.63, 3.8) is 0 Å². The number of nitrogen functional groups attached to an aromatic ring is 2. The molecule has 1 aromatic carbocycles. The van der Waals surface area contributed by atoms with Gasteiger partial charge in [0.15, 0.2) is 5.82 Å². The molecule has 0 aliphatic rings. The number of benzene rings is 1. The van der Waals surface area contributed by atoms with Crippen molar-refractivity contribution in [3.05, 3.63) is 39.6 Å². The lowest BCUT2D eigenvalue weighted by Gasteiger charge is -1.98. The highest BCUT2D eigenvalue weighted by Crippen LogP contribution is 2.20. The second kappa shape index (κ2) is 5.20. The van der Waals surface area contributed by atoms with Gasteiger partial charge in [-0.1, -0.05) is 29.3 Å². The second-order valence-electron chi connectivity index (χ2n) is 3.45. The Kier molecular flexibility index (Phi) is 3.64. The fourth-order valence-electron chi connectivity index (χ4n) is 1.34. The Bertz CT molecular complexity index is 518. The van der Waals surface area contributed by atoms with E-state index in [9.17, 15) is 0 Å². The summed E-state index contributed by atoms with van der Waals surface area (Å²) in [7, 11) is 0. The Balaban J connectivity index is 2.29.